The Kier molecular flexibility index (Phi) is 7.14. The lowest BCUT2D eigenvalue weighted by Crippen LogP contribution is -2.30. The van der Waals surface area contributed by atoms with Crippen LogP contribution in [0.1, 0.15) is 16.9 Å². The Bertz CT molecular complexity index is 923. The molecule has 2 aromatic carbocycles. The number of ether oxygens (including phenoxy) is 3. The van der Waals surface area contributed by atoms with Crippen LogP contribution in [0.15, 0.2) is 60.0 Å². The first-order chi connectivity index (χ1) is 14.2. The first-order valence-corrected chi connectivity index (χ1v) is 10.2. The highest BCUT2D eigenvalue weighted by molar-refractivity contribution is 7.09. The summed E-state index contributed by atoms with van der Waals surface area (Å²) < 4.78 is 16.1. The Labute approximate surface area is 175 Å². The van der Waals surface area contributed by atoms with E-state index in [1.807, 2.05) is 64.9 Å². The molecular formula is C23H25NO4S. The molecule has 3 rings (SSSR count). The van der Waals surface area contributed by atoms with Crippen molar-refractivity contribution in [2.75, 3.05) is 26.2 Å². The fourth-order valence-electron chi connectivity index (χ4n) is 3.17. The van der Waals surface area contributed by atoms with Crippen LogP contribution in [0.3, 0.4) is 0 Å². The zero-order valence-corrected chi connectivity index (χ0v) is 17.7. The van der Waals surface area contributed by atoms with E-state index in [-0.39, 0.29) is 5.91 Å². The molecule has 1 aromatic heterocycles. The largest absolute Gasteiger partial charge is 0.497 e. The van der Waals surface area contributed by atoms with E-state index in [1.54, 1.807) is 32.7 Å². The second-order valence-corrected chi connectivity index (χ2v) is 7.44. The van der Waals surface area contributed by atoms with Gasteiger partial charge in [-0.05, 0) is 53.8 Å². The summed E-state index contributed by atoms with van der Waals surface area (Å²) in [5.74, 6) is 2.16. The van der Waals surface area contributed by atoms with Crippen LogP contribution >= 0.6 is 11.3 Å². The summed E-state index contributed by atoms with van der Waals surface area (Å²) in [7, 11) is 4.86. The summed E-state index contributed by atoms with van der Waals surface area (Å²) in [6.45, 7) is 0.540. The van der Waals surface area contributed by atoms with Crippen molar-refractivity contribution < 1.29 is 19.0 Å². The Morgan fingerprint density at radius 1 is 0.931 bits per heavy atom. The van der Waals surface area contributed by atoms with Gasteiger partial charge in [-0.1, -0.05) is 18.2 Å². The smallest absolute Gasteiger partial charge is 0.227 e. The van der Waals surface area contributed by atoms with E-state index >= 15 is 0 Å². The minimum atomic E-state index is 0.0495. The zero-order valence-electron chi connectivity index (χ0n) is 16.9. The van der Waals surface area contributed by atoms with E-state index in [1.165, 1.54) is 0 Å². The molecule has 0 aliphatic rings. The van der Waals surface area contributed by atoms with E-state index in [9.17, 15) is 4.79 Å². The Balaban J connectivity index is 1.79. The maximum Gasteiger partial charge on any atom is 0.227 e. The average molecular weight is 412 g/mol. The summed E-state index contributed by atoms with van der Waals surface area (Å²) in [5, 5.41) is 2.02. The molecule has 6 heteroatoms. The predicted molar refractivity (Wildman–Crippen MR) is 116 cm³/mol. The Hall–Kier alpha value is -2.99. The number of rotatable bonds is 9. The normalized spacial score (nSPS) is 10.4. The van der Waals surface area contributed by atoms with Crippen LogP contribution in [-0.4, -0.2) is 27.2 Å². The van der Waals surface area contributed by atoms with Crippen molar-refractivity contribution >= 4 is 22.9 Å². The van der Waals surface area contributed by atoms with Crippen molar-refractivity contribution in [2.45, 2.75) is 19.4 Å². The molecule has 0 atom stereocenters. The molecular weight excluding hydrogens is 386 g/mol. The van der Waals surface area contributed by atoms with Gasteiger partial charge >= 0.3 is 0 Å². The number of nitrogens with zero attached hydrogens (tertiary/aromatic N) is 1. The molecule has 29 heavy (non-hydrogen) atoms. The molecule has 0 saturated heterocycles. The van der Waals surface area contributed by atoms with Gasteiger partial charge in [0.15, 0.2) is 11.5 Å². The van der Waals surface area contributed by atoms with Crippen LogP contribution < -0.4 is 19.1 Å². The molecule has 0 fully saturated rings. The number of carbonyl (C=O) groups is 1. The third-order valence-corrected chi connectivity index (χ3v) is 5.53. The van der Waals surface area contributed by atoms with Gasteiger partial charge in [-0.3, -0.25) is 4.79 Å². The van der Waals surface area contributed by atoms with Crippen LogP contribution in [0.5, 0.6) is 17.2 Å². The molecule has 1 heterocycles. The van der Waals surface area contributed by atoms with E-state index in [4.69, 9.17) is 14.2 Å². The lowest BCUT2D eigenvalue weighted by atomic mass is 10.1. The summed E-state index contributed by atoms with van der Waals surface area (Å²) in [4.78, 5) is 16.1. The molecule has 0 bridgehead atoms. The molecule has 1 amide bonds. The first-order valence-electron chi connectivity index (χ1n) is 9.33. The fraction of sp³-hybridized carbons (Fsp3) is 0.261. The number of hydrogen-bond acceptors (Lipinski definition) is 5. The van der Waals surface area contributed by atoms with Gasteiger partial charge in [-0.25, -0.2) is 0 Å². The molecule has 152 valence electrons. The van der Waals surface area contributed by atoms with Gasteiger partial charge in [0.25, 0.3) is 0 Å². The Morgan fingerprint density at radius 3 is 2.34 bits per heavy atom. The maximum atomic E-state index is 13.2. The van der Waals surface area contributed by atoms with Crippen molar-refractivity contribution in [3.8, 4) is 17.2 Å². The van der Waals surface area contributed by atoms with E-state index in [2.05, 4.69) is 0 Å². The standard InChI is InChI=1S/C23H25NO4S/c1-26-19-12-10-18(11-13-19)24(16-20-7-5-15-29-20)22(25)14-9-17-6-4-8-21(27-2)23(17)28-3/h4-8,10-13,15H,9,14,16H2,1-3H3. The van der Waals surface area contributed by atoms with E-state index in [0.717, 1.165) is 21.9 Å². The van der Waals surface area contributed by atoms with Gasteiger partial charge in [0.2, 0.25) is 5.91 Å². The number of amides is 1. The SMILES string of the molecule is COc1ccc(N(Cc2cccs2)C(=O)CCc2cccc(OC)c2OC)cc1. The van der Waals surface area contributed by atoms with E-state index in [0.29, 0.717) is 30.9 Å². The minimum absolute atomic E-state index is 0.0495. The van der Waals surface area contributed by atoms with Crippen molar-refractivity contribution in [3.63, 3.8) is 0 Å². The summed E-state index contributed by atoms with van der Waals surface area (Å²) in [6, 6.07) is 17.3. The molecule has 0 aliphatic heterocycles. The fourth-order valence-corrected chi connectivity index (χ4v) is 3.86. The maximum absolute atomic E-state index is 13.2. The molecule has 0 aliphatic carbocycles. The van der Waals surface area contributed by atoms with Gasteiger partial charge < -0.3 is 19.1 Å². The van der Waals surface area contributed by atoms with Crippen LogP contribution in [0.2, 0.25) is 0 Å². The number of hydrogen-bond donors (Lipinski definition) is 0. The van der Waals surface area contributed by atoms with Crippen molar-refractivity contribution in [1.29, 1.82) is 0 Å². The van der Waals surface area contributed by atoms with Gasteiger partial charge in [0.05, 0.1) is 27.9 Å². The number of aryl methyl sites for hydroxylation is 1. The third-order valence-electron chi connectivity index (χ3n) is 4.67. The van der Waals surface area contributed by atoms with Crippen LogP contribution in [-0.2, 0) is 17.8 Å². The third kappa shape index (κ3) is 5.09. The molecule has 0 saturated carbocycles. The molecule has 0 radical (unpaired) electrons. The zero-order chi connectivity index (χ0) is 20.6. The lowest BCUT2D eigenvalue weighted by Gasteiger charge is -2.23. The lowest BCUT2D eigenvalue weighted by molar-refractivity contribution is -0.118. The van der Waals surface area contributed by atoms with Crippen LogP contribution in [0.4, 0.5) is 5.69 Å². The van der Waals surface area contributed by atoms with Gasteiger partial charge in [-0.15, -0.1) is 11.3 Å². The van der Waals surface area contributed by atoms with Crippen LogP contribution in [0.25, 0.3) is 0 Å². The molecule has 0 N–H and O–H groups in total. The Morgan fingerprint density at radius 2 is 1.72 bits per heavy atom. The topological polar surface area (TPSA) is 48.0 Å². The molecule has 5 nitrogen and oxygen atoms in total. The number of thiophene rings is 1. The second kappa shape index (κ2) is 9.98. The summed E-state index contributed by atoms with van der Waals surface area (Å²) in [6.07, 6.45) is 0.928. The predicted octanol–water partition coefficient (Wildman–Crippen LogP) is 4.94. The highest BCUT2D eigenvalue weighted by Crippen LogP contribution is 2.32. The number of para-hydroxylation sites is 1. The molecule has 0 unspecified atom stereocenters. The van der Waals surface area contributed by atoms with Crippen molar-refractivity contribution in [1.82, 2.24) is 0 Å². The number of benzene rings is 2. The summed E-state index contributed by atoms with van der Waals surface area (Å²) in [5.41, 5.74) is 1.80. The highest BCUT2D eigenvalue weighted by atomic mass is 32.1. The first kappa shape index (κ1) is 20.7. The van der Waals surface area contributed by atoms with Gasteiger partial charge in [0, 0.05) is 17.0 Å². The van der Waals surface area contributed by atoms with Gasteiger partial charge in [-0.2, -0.15) is 0 Å². The second-order valence-electron chi connectivity index (χ2n) is 6.41. The van der Waals surface area contributed by atoms with Crippen molar-refractivity contribution in [3.05, 3.63) is 70.4 Å². The average Bonchev–Trinajstić information content (AvgIpc) is 3.28. The molecule has 0 spiro atoms. The van der Waals surface area contributed by atoms with Crippen molar-refractivity contribution in [2.24, 2.45) is 0 Å². The highest BCUT2D eigenvalue weighted by Gasteiger charge is 2.18. The van der Waals surface area contributed by atoms with E-state index < -0.39 is 0 Å². The number of anilines is 1. The number of carbonyl (C=O) groups excluding carboxylic acids is 1. The monoisotopic (exact) mass is 411 g/mol. The van der Waals surface area contributed by atoms with Gasteiger partial charge in [0.1, 0.15) is 5.75 Å². The number of methoxy groups -OCH3 is 3. The van der Waals surface area contributed by atoms with Crippen LogP contribution in [0, 0.1) is 0 Å². The minimum Gasteiger partial charge on any atom is -0.497 e. The summed E-state index contributed by atoms with van der Waals surface area (Å²) >= 11 is 1.64. The quantitative estimate of drug-likeness (QED) is 0.500. The molecule has 3 aromatic rings.